The Kier molecular flexibility index (Phi) is 15.6. The lowest BCUT2D eigenvalue weighted by molar-refractivity contribution is 0.596. The van der Waals surface area contributed by atoms with Gasteiger partial charge in [0.1, 0.15) is 5.82 Å². The highest BCUT2D eigenvalue weighted by Gasteiger charge is 2.13. The van der Waals surface area contributed by atoms with Crippen LogP contribution < -0.4 is 5.14 Å². The summed E-state index contributed by atoms with van der Waals surface area (Å²) in [6.45, 7) is 13.9. The van der Waals surface area contributed by atoms with E-state index >= 15 is 0 Å². The number of nitrogens with two attached hydrogens (primary N) is 1. The van der Waals surface area contributed by atoms with E-state index in [2.05, 4.69) is 100 Å². The van der Waals surface area contributed by atoms with Crippen molar-refractivity contribution < 1.29 is 21.2 Å². The molecule has 0 atom stereocenters. The quantitative estimate of drug-likeness (QED) is 0.187. The molecule has 5 nitrogen and oxygen atoms in total. The topological polar surface area (TPSA) is 94.3 Å². The highest BCUT2D eigenvalue weighted by Crippen LogP contribution is 2.25. The van der Waals surface area contributed by atoms with Crippen LogP contribution >= 0.6 is 0 Å². The van der Waals surface area contributed by atoms with Gasteiger partial charge in [-0.15, -0.1) is 0 Å². The number of sulfone groups is 1. The number of benzene rings is 10. The summed E-state index contributed by atoms with van der Waals surface area (Å²) in [4.78, 5) is 0.613. The zero-order chi connectivity index (χ0) is 47.8. The van der Waals surface area contributed by atoms with Crippen LogP contribution in [0.2, 0.25) is 0 Å². The van der Waals surface area contributed by atoms with Gasteiger partial charge in [0.15, 0.2) is 9.84 Å². The number of primary sulfonamides is 1. The maximum Gasteiger partial charge on any atom is 0.238 e. The summed E-state index contributed by atoms with van der Waals surface area (Å²) >= 11 is 0. The third kappa shape index (κ3) is 12.8. The summed E-state index contributed by atoms with van der Waals surface area (Å²) in [5.74, 6) is -0.131. The zero-order valence-electron chi connectivity index (χ0n) is 38.7. The number of aryl methyl sites for hydroxylation is 7. The Morgan fingerprint density at radius 3 is 0.955 bits per heavy atom. The number of halogens is 1. The van der Waals surface area contributed by atoms with E-state index in [-0.39, 0.29) is 10.7 Å². The fraction of sp³-hybridized carbons (Fsp3) is 0.138. The van der Waals surface area contributed by atoms with Crippen LogP contribution in [0.4, 0.5) is 4.39 Å². The summed E-state index contributed by atoms with van der Waals surface area (Å²) in [5.41, 5.74) is 7.57. The number of sulfonamides is 1. The third-order valence-corrected chi connectivity index (χ3v) is 13.6. The molecule has 0 bridgehead atoms. The second-order valence-electron chi connectivity index (χ2n) is 16.8. The Labute approximate surface area is 389 Å². The second kappa shape index (κ2) is 21.1. The first kappa shape index (κ1) is 48.7. The summed E-state index contributed by atoms with van der Waals surface area (Å²) < 4.78 is 58.6. The Balaban J connectivity index is 0.000000137. The minimum absolute atomic E-state index is 0.131. The number of fused-ring (bicyclic) bond motifs is 5. The van der Waals surface area contributed by atoms with Gasteiger partial charge in [0, 0.05) is 6.26 Å². The maximum absolute atomic E-state index is 13.0. The van der Waals surface area contributed by atoms with Gasteiger partial charge in [0.05, 0.1) is 9.79 Å². The molecule has 0 aliphatic carbocycles. The van der Waals surface area contributed by atoms with Gasteiger partial charge < -0.3 is 0 Å². The van der Waals surface area contributed by atoms with Crippen molar-refractivity contribution >= 4 is 73.7 Å². The van der Waals surface area contributed by atoms with Gasteiger partial charge in [-0.1, -0.05) is 169 Å². The predicted molar refractivity (Wildman–Crippen MR) is 277 cm³/mol. The van der Waals surface area contributed by atoms with Gasteiger partial charge in [-0.3, -0.25) is 0 Å². The van der Waals surface area contributed by atoms with Crippen molar-refractivity contribution in [2.45, 2.75) is 58.3 Å². The zero-order valence-corrected chi connectivity index (χ0v) is 40.4. The fourth-order valence-corrected chi connectivity index (χ4v) is 9.44. The predicted octanol–water partition coefficient (Wildman–Crippen LogP) is 14.5. The molecule has 0 spiro atoms. The van der Waals surface area contributed by atoms with E-state index < -0.39 is 19.9 Å². The molecule has 0 aromatic heterocycles. The molecule has 0 aliphatic rings. The summed E-state index contributed by atoms with van der Waals surface area (Å²) in [5, 5.41) is 16.4. The Morgan fingerprint density at radius 2 is 0.606 bits per heavy atom. The van der Waals surface area contributed by atoms with E-state index in [0.29, 0.717) is 16.0 Å². The van der Waals surface area contributed by atoms with Crippen molar-refractivity contribution in [2.75, 3.05) is 6.26 Å². The Hall–Kier alpha value is -6.71. The molecule has 0 saturated heterocycles. The van der Waals surface area contributed by atoms with Crippen LogP contribution in [0.25, 0.3) is 53.9 Å². The second-order valence-corrected chi connectivity index (χ2v) is 20.3. The van der Waals surface area contributed by atoms with E-state index in [1.807, 2.05) is 97.9 Å². The fourth-order valence-electron chi connectivity index (χ4n) is 7.65. The molecule has 0 saturated carbocycles. The normalized spacial score (nSPS) is 11.1. The first-order valence-electron chi connectivity index (χ1n) is 21.6. The van der Waals surface area contributed by atoms with Gasteiger partial charge in [0.25, 0.3) is 0 Å². The van der Waals surface area contributed by atoms with Crippen molar-refractivity contribution in [2.24, 2.45) is 5.14 Å². The van der Waals surface area contributed by atoms with Gasteiger partial charge in [0.2, 0.25) is 10.0 Å². The minimum Gasteiger partial charge on any atom is -0.225 e. The molecule has 8 heteroatoms. The lowest BCUT2D eigenvalue weighted by Gasteiger charge is -2.05. The molecule has 10 rings (SSSR count). The molecule has 0 amide bonds. The number of rotatable bonds is 2. The summed E-state index contributed by atoms with van der Waals surface area (Å²) in [7, 11) is -6.75. The molecule has 66 heavy (non-hydrogen) atoms. The van der Waals surface area contributed by atoms with Crippen LogP contribution in [0.1, 0.15) is 38.9 Å². The maximum atomic E-state index is 13.0. The van der Waals surface area contributed by atoms with Crippen LogP contribution in [0.5, 0.6) is 0 Å². The van der Waals surface area contributed by atoms with Crippen LogP contribution in [0.3, 0.4) is 0 Å². The Morgan fingerprint density at radius 1 is 0.333 bits per heavy atom. The molecule has 0 aliphatic heterocycles. The largest absolute Gasteiger partial charge is 0.238 e. The molecule has 10 aromatic carbocycles. The SMILES string of the molecule is Cc1cc2ccccc2cc1C.Cc1cc2ccccc2cc1F.Cc1cc2ccccc2cc1S(C)(=O)=O.Cc1cc2ccccc2cc1S(N)(=O)=O.Cc1ccc2cc(C)ccc2c1. The minimum atomic E-state index is -3.62. The molecule has 0 fully saturated rings. The van der Waals surface area contributed by atoms with E-state index in [1.165, 1.54) is 50.1 Å². The van der Waals surface area contributed by atoms with Crippen molar-refractivity contribution in [3.63, 3.8) is 0 Å². The average Bonchev–Trinajstić information content (AvgIpc) is 3.27. The first-order valence-corrected chi connectivity index (χ1v) is 25.0. The molecular formula is C58H56FNO4S2. The molecule has 0 unspecified atom stereocenters. The highest BCUT2D eigenvalue weighted by atomic mass is 32.2. The molecular weight excluding hydrogens is 858 g/mol. The summed E-state index contributed by atoms with van der Waals surface area (Å²) in [6, 6.07) is 59.7. The van der Waals surface area contributed by atoms with Gasteiger partial charge in [-0.2, -0.15) is 0 Å². The smallest absolute Gasteiger partial charge is 0.225 e. The molecule has 0 radical (unpaired) electrons. The van der Waals surface area contributed by atoms with E-state index in [0.717, 1.165) is 37.9 Å². The van der Waals surface area contributed by atoms with Gasteiger partial charge in [-0.05, 0) is 154 Å². The average molecular weight is 914 g/mol. The molecule has 0 heterocycles. The first-order chi connectivity index (χ1) is 31.3. The summed E-state index contributed by atoms with van der Waals surface area (Å²) in [6.07, 6.45) is 1.24. The van der Waals surface area contributed by atoms with Crippen LogP contribution in [0.15, 0.2) is 192 Å². The van der Waals surface area contributed by atoms with Crippen LogP contribution in [-0.2, 0) is 19.9 Å². The number of hydrogen-bond acceptors (Lipinski definition) is 4. The van der Waals surface area contributed by atoms with Crippen LogP contribution in [-0.4, -0.2) is 23.1 Å². The monoisotopic (exact) mass is 913 g/mol. The van der Waals surface area contributed by atoms with Gasteiger partial charge in [-0.25, -0.2) is 26.4 Å². The van der Waals surface area contributed by atoms with E-state index in [1.54, 1.807) is 32.0 Å². The molecule has 2 N–H and O–H groups in total. The lowest BCUT2D eigenvalue weighted by atomic mass is 10.0. The standard InChI is InChI=1S/C12H12O2S.2C12H12.C11H9F.C11H11NO2S/c1-9-7-10-5-3-4-6-11(10)8-12(9)15(2,13)14;1-9-3-5-12-8-10(2)4-6-11(12)7-9;1-9-7-11-5-3-4-6-12(11)8-10(9)2;1-8-6-9-4-2-3-5-10(9)7-11(8)12;1-8-6-9-4-2-3-5-10(9)7-11(8)15(12,13)14/h3-8H,1-2H3;2*3-8H,1-2H3;2-7H,1H3;2-7H,1H3,(H2,12,13,14). The third-order valence-electron chi connectivity index (χ3n) is 11.3. The van der Waals surface area contributed by atoms with Crippen LogP contribution in [0, 0.1) is 54.3 Å². The van der Waals surface area contributed by atoms with E-state index in [9.17, 15) is 21.2 Å². The van der Waals surface area contributed by atoms with E-state index in [4.69, 9.17) is 5.14 Å². The van der Waals surface area contributed by atoms with Crippen molar-refractivity contribution in [3.05, 3.63) is 227 Å². The van der Waals surface area contributed by atoms with Crippen molar-refractivity contribution in [1.29, 1.82) is 0 Å². The molecule has 10 aromatic rings. The Bertz CT molecular complexity index is 3270. The number of hydrogen-bond donors (Lipinski definition) is 1. The lowest BCUT2D eigenvalue weighted by Crippen LogP contribution is -2.13. The van der Waals surface area contributed by atoms with Gasteiger partial charge >= 0.3 is 0 Å². The highest BCUT2D eigenvalue weighted by molar-refractivity contribution is 7.90. The molecule has 336 valence electrons. The van der Waals surface area contributed by atoms with Crippen molar-refractivity contribution in [1.82, 2.24) is 0 Å². The van der Waals surface area contributed by atoms with Crippen molar-refractivity contribution in [3.8, 4) is 0 Å².